The second-order valence-electron chi connectivity index (χ2n) is 3.70. The fourth-order valence-electron chi connectivity index (χ4n) is 1.49. The van der Waals surface area contributed by atoms with Crippen LogP contribution in [0.1, 0.15) is 27.0 Å². The van der Waals surface area contributed by atoms with Crippen molar-refractivity contribution in [3.05, 3.63) is 51.7 Å². The second-order valence-corrected chi connectivity index (χ2v) is 4.95. The predicted octanol–water partition coefficient (Wildman–Crippen LogP) is 3.70. The summed E-state index contributed by atoms with van der Waals surface area (Å²) in [6.45, 7) is 2.74. The molecule has 1 aromatic heterocycles. The van der Waals surface area contributed by atoms with Crippen LogP contribution >= 0.6 is 11.3 Å². The molecule has 0 bridgehead atoms. The van der Waals surface area contributed by atoms with Gasteiger partial charge in [-0.1, -0.05) is 6.92 Å². The first-order valence-corrected chi connectivity index (χ1v) is 6.39. The van der Waals surface area contributed by atoms with E-state index in [0.29, 0.717) is 12.2 Å². The number of benzene rings is 1. The second kappa shape index (κ2) is 5.64. The fraction of sp³-hybridized carbons (Fsp3) is 0.214. The Morgan fingerprint density at radius 3 is 2.41 bits per heavy atom. The maximum atomic E-state index is 10.5. The average molecular weight is 246 g/mol. The molecule has 2 nitrogen and oxygen atoms in total. The Hall–Kier alpha value is -1.61. The molecule has 1 heterocycles. The summed E-state index contributed by atoms with van der Waals surface area (Å²) in [6.07, 6.45) is 1.90. The van der Waals surface area contributed by atoms with Crippen LogP contribution in [0.25, 0.3) is 0 Å². The predicted molar refractivity (Wildman–Crippen MR) is 69.9 cm³/mol. The SMILES string of the molecule is CCc1ccc(COc2ccc(C=O)cc2)s1. The Balaban J connectivity index is 1.94. The Bertz CT molecular complexity index is 485. The third-order valence-electron chi connectivity index (χ3n) is 2.46. The van der Waals surface area contributed by atoms with E-state index in [1.807, 2.05) is 12.1 Å². The minimum absolute atomic E-state index is 0.588. The van der Waals surface area contributed by atoms with Crippen LogP contribution < -0.4 is 4.74 Å². The zero-order valence-corrected chi connectivity index (χ0v) is 10.5. The molecule has 0 unspecified atom stereocenters. The van der Waals surface area contributed by atoms with E-state index < -0.39 is 0 Å². The number of rotatable bonds is 5. The van der Waals surface area contributed by atoms with Gasteiger partial charge in [-0.15, -0.1) is 11.3 Å². The minimum atomic E-state index is 0.588. The van der Waals surface area contributed by atoms with Crippen LogP contribution in [0.15, 0.2) is 36.4 Å². The lowest BCUT2D eigenvalue weighted by molar-refractivity contribution is 0.112. The smallest absolute Gasteiger partial charge is 0.150 e. The minimum Gasteiger partial charge on any atom is -0.488 e. The molecule has 0 atom stereocenters. The monoisotopic (exact) mass is 246 g/mol. The number of hydrogen-bond donors (Lipinski definition) is 0. The molecule has 88 valence electrons. The van der Waals surface area contributed by atoms with Gasteiger partial charge in [-0.05, 0) is 42.8 Å². The first kappa shape index (κ1) is 11.9. The van der Waals surface area contributed by atoms with E-state index in [0.717, 1.165) is 18.5 Å². The Morgan fingerprint density at radius 2 is 1.82 bits per heavy atom. The lowest BCUT2D eigenvalue weighted by atomic mass is 10.2. The van der Waals surface area contributed by atoms with Crippen molar-refractivity contribution in [2.45, 2.75) is 20.0 Å². The van der Waals surface area contributed by atoms with Gasteiger partial charge in [-0.3, -0.25) is 4.79 Å². The van der Waals surface area contributed by atoms with E-state index in [1.165, 1.54) is 9.75 Å². The van der Waals surface area contributed by atoms with Crippen LogP contribution in [0.4, 0.5) is 0 Å². The molecule has 0 fully saturated rings. The van der Waals surface area contributed by atoms with Gasteiger partial charge in [-0.2, -0.15) is 0 Å². The van der Waals surface area contributed by atoms with E-state index in [2.05, 4.69) is 19.1 Å². The summed E-state index contributed by atoms with van der Waals surface area (Å²) in [7, 11) is 0. The summed E-state index contributed by atoms with van der Waals surface area (Å²) >= 11 is 1.78. The van der Waals surface area contributed by atoms with Crippen LogP contribution in [-0.2, 0) is 13.0 Å². The van der Waals surface area contributed by atoms with Crippen LogP contribution in [-0.4, -0.2) is 6.29 Å². The molecular weight excluding hydrogens is 232 g/mol. The molecular formula is C14H14O2S. The molecule has 0 saturated carbocycles. The Morgan fingerprint density at radius 1 is 1.12 bits per heavy atom. The van der Waals surface area contributed by atoms with E-state index in [1.54, 1.807) is 23.5 Å². The van der Waals surface area contributed by atoms with Crippen molar-refractivity contribution in [3.63, 3.8) is 0 Å². The first-order valence-electron chi connectivity index (χ1n) is 5.57. The molecule has 3 heteroatoms. The molecule has 0 radical (unpaired) electrons. The molecule has 2 rings (SSSR count). The maximum absolute atomic E-state index is 10.5. The van der Waals surface area contributed by atoms with Crippen molar-refractivity contribution in [2.24, 2.45) is 0 Å². The number of aryl methyl sites for hydroxylation is 1. The van der Waals surface area contributed by atoms with E-state index in [4.69, 9.17) is 4.74 Å². The van der Waals surface area contributed by atoms with Crippen molar-refractivity contribution in [1.82, 2.24) is 0 Å². The molecule has 0 spiro atoms. The van der Waals surface area contributed by atoms with E-state index in [9.17, 15) is 4.79 Å². The number of ether oxygens (including phenoxy) is 1. The molecule has 0 saturated heterocycles. The normalized spacial score (nSPS) is 10.2. The van der Waals surface area contributed by atoms with Crippen LogP contribution in [0.5, 0.6) is 5.75 Å². The van der Waals surface area contributed by atoms with Crippen molar-refractivity contribution in [1.29, 1.82) is 0 Å². The Kier molecular flexibility index (Phi) is 3.94. The van der Waals surface area contributed by atoms with Gasteiger partial charge in [0.2, 0.25) is 0 Å². The molecule has 1 aromatic carbocycles. The van der Waals surface area contributed by atoms with Gasteiger partial charge < -0.3 is 4.74 Å². The summed E-state index contributed by atoms with van der Waals surface area (Å²) < 4.78 is 5.64. The maximum Gasteiger partial charge on any atom is 0.150 e. The zero-order valence-electron chi connectivity index (χ0n) is 9.68. The van der Waals surface area contributed by atoms with Gasteiger partial charge in [0.05, 0.1) is 0 Å². The van der Waals surface area contributed by atoms with Crippen LogP contribution in [0, 0.1) is 0 Å². The molecule has 17 heavy (non-hydrogen) atoms. The standard InChI is InChI=1S/C14H14O2S/c1-2-13-7-8-14(17-13)10-16-12-5-3-11(9-15)4-6-12/h3-9H,2,10H2,1H3. The lowest BCUT2D eigenvalue weighted by Crippen LogP contribution is -1.92. The van der Waals surface area contributed by atoms with Crippen molar-refractivity contribution < 1.29 is 9.53 Å². The molecule has 0 aliphatic heterocycles. The van der Waals surface area contributed by atoms with Gasteiger partial charge in [-0.25, -0.2) is 0 Å². The number of carbonyl (C=O) groups is 1. The van der Waals surface area contributed by atoms with Gasteiger partial charge in [0.25, 0.3) is 0 Å². The van der Waals surface area contributed by atoms with Gasteiger partial charge in [0.15, 0.2) is 0 Å². The highest BCUT2D eigenvalue weighted by Crippen LogP contribution is 2.19. The summed E-state index contributed by atoms with van der Waals surface area (Å²) in [5.74, 6) is 0.794. The summed E-state index contributed by atoms with van der Waals surface area (Å²) in [4.78, 5) is 13.1. The van der Waals surface area contributed by atoms with Crippen LogP contribution in [0.3, 0.4) is 0 Å². The van der Waals surface area contributed by atoms with Gasteiger partial charge in [0.1, 0.15) is 18.6 Å². The number of aldehydes is 1. The number of hydrogen-bond acceptors (Lipinski definition) is 3. The van der Waals surface area contributed by atoms with E-state index in [-0.39, 0.29) is 0 Å². The summed E-state index contributed by atoms with van der Waals surface area (Å²) in [5, 5.41) is 0. The Labute approximate surface area is 105 Å². The van der Waals surface area contributed by atoms with Crippen molar-refractivity contribution in [2.75, 3.05) is 0 Å². The van der Waals surface area contributed by atoms with Crippen molar-refractivity contribution in [3.8, 4) is 5.75 Å². The van der Waals surface area contributed by atoms with Gasteiger partial charge in [0, 0.05) is 15.3 Å². The summed E-state index contributed by atoms with van der Waals surface area (Å²) in [6, 6.07) is 11.4. The summed E-state index contributed by atoms with van der Waals surface area (Å²) in [5.41, 5.74) is 0.668. The third-order valence-corrected chi connectivity index (χ3v) is 3.67. The topological polar surface area (TPSA) is 26.3 Å². The fourth-order valence-corrected chi connectivity index (χ4v) is 2.36. The highest BCUT2D eigenvalue weighted by Gasteiger charge is 2.00. The average Bonchev–Trinajstić information content (AvgIpc) is 2.85. The quantitative estimate of drug-likeness (QED) is 0.752. The number of carbonyl (C=O) groups excluding carboxylic acids is 1. The third kappa shape index (κ3) is 3.17. The van der Waals surface area contributed by atoms with Gasteiger partial charge >= 0.3 is 0 Å². The molecule has 0 amide bonds. The molecule has 0 aliphatic rings. The molecule has 0 N–H and O–H groups in total. The molecule has 0 aliphatic carbocycles. The van der Waals surface area contributed by atoms with Crippen LogP contribution in [0.2, 0.25) is 0 Å². The highest BCUT2D eigenvalue weighted by molar-refractivity contribution is 7.11. The van der Waals surface area contributed by atoms with E-state index >= 15 is 0 Å². The zero-order chi connectivity index (χ0) is 12.1. The van der Waals surface area contributed by atoms with Crippen molar-refractivity contribution >= 4 is 17.6 Å². The number of thiophene rings is 1. The molecule has 2 aromatic rings. The largest absolute Gasteiger partial charge is 0.488 e. The first-order chi connectivity index (χ1) is 8.31. The lowest BCUT2D eigenvalue weighted by Gasteiger charge is -2.04. The highest BCUT2D eigenvalue weighted by atomic mass is 32.1.